The summed E-state index contributed by atoms with van der Waals surface area (Å²) in [5.74, 6) is 1.64. The summed E-state index contributed by atoms with van der Waals surface area (Å²) >= 11 is 12.5. The molecule has 0 spiro atoms. The van der Waals surface area contributed by atoms with Crippen molar-refractivity contribution in [1.29, 1.82) is 0 Å². The van der Waals surface area contributed by atoms with E-state index in [0.717, 1.165) is 73.8 Å². The Morgan fingerprint density at radius 2 is 0.875 bits per heavy atom. The molecule has 0 aliphatic heterocycles. The van der Waals surface area contributed by atoms with Crippen LogP contribution in [-0.4, -0.2) is 29.0 Å². The van der Waals surface area contributed by atoms with Crippen molar-refractivity contribution in [1.82, 2.24) is 18.8 Å². The summed E-state index contributed by atoms with van der Waals surface area (Å²) in [5, 5.41) is 28.6. The lowest BCUT2D eigenvalue weighted by atomic mass is 9.76. The third-order valence-corrected chi connectivity index (χ3v) is 13.0. The molecule has 0 saturated heterocycles. The molecule has 2 N–H and O–H groups in total. The zero-order chi connectivity index (χ0) is 38.2. The van der Waals surface area contributed by atoms with E-state index in [2.05, 4.69) is 94.9 Å². The second-order valence-electron chi connectivity index (χ2n) is 15.9. The molecular formula is C48H46Cl2N4O2. The van der Waals surface area contributed by atoms with Gasteiger partial charge in [-0.2, -0.15) is 0 Å². The van der Waals surface area contributed by atoms with Gasteiger partial charge in [0, 0.05) is 10.0 Å². The molecule has 0 bridgehead atoms. The van der Waals surface area contributed by atoms with Gasteiger partial charge in [0.15, 0.2) is 0 Å². The van der Waals surface area contributed by atoms with Crippen molar-refractivity contribution in [3.8, 4) is 0 Å². The summed E-state index contributed by atoms with van der Waals surface area (Å²) in [6, 6.07) is 38.2. The third-order valence-electron chi connectivity index (χ3n) is 12.6. The lowest BCUT2D eigenvalue weighted by molar-refractivity contribution is 0.0761. The van der Waals surface area contributed by atoms with E-state index in [1.54, 1.807) is 25.0 Å². The maximum absolute atomic E-state index is 11.1. The molecule has 56 heavy (non-hydrogen) atoms. The minimum atomic E-state index is -0.520. The molecule has 2 fully saturated rings. The first-order valence-corrected chi connectivity index (χ1v) is 20.7. The molecule has 4 aromatic heterocycles. The number of benzene rings is 4. The van der Waals surface area contributed by atoms with Gasteiger partial charge in [0.05, 0.1) is 59.7 Å². The van der Waals surface area contributed by atoms with Gasteiger partial charge in [-0.3, -0.25) is 0 Å². The van der Waals surface area contributed by atoms with Crippen LogP contribution >= 0.6 is 23.2 Å². The summed E-state index contributed by atoms with van der Waals surface area (Å²) in [7, 11) is 0. The highest BCUT2D eigenvalue weighted by molar-refractivity contribution is 6.31. The highest BCUT2D eigenvalue weighted by Gasteiger charge is 2.31. The molecular weight excluding hydrogens is 735 g/mol. The van der Waals surface area contributed by atoms with Crippen LogP contribution in [0.2, 0.25) is 10.0 Å². The van der Waals surface area contributed by atoms with Crippen LogP contribution in [0.4, 0.5) is 0 Å². The van der Waals surface area contributed by atoms with Crippen LogP contribution in [0.1, 0.15) is 97.9 Å². The molecule has 8 heteroatoms. The van der Waals surface area contributed by atoms with Gasteiger partial charge >= 0.3 is 0 Å². The first kappa shape index (κ1) is 36.9. The van der Waals surface area contributed by atoms with Crippen LogP contribution in [0, 0.1) is 11.8 Å². The highest BCUT2D eigenvalue weighted by atomic mass is 35.5. The molecule has 2 aliphatic rings. The van der Waals surface area contributed by atoms with Crippen molar-refractivity contribution in [3.63, 3.8) is 0 Å². The van der Waals surface area contributed by atoms with E-state index in [1.165, 1.54) is 32.7 Å². The van der Waals surface area contributed by atoms with Crippen LogP contribution < -0.4 is 0 Å². The fraction of sp³-hybridized carbons (Fsp3) is 0.292. The van der Waals surface area contributed by atoms with Crippen LogP contribution in [0.25, 0.3) is 32.6 Å². The quantitative estimate of drug-likeness (QED) is 0.176. The van der Waals surface area contributed by atoms with Gasteiger partial charge in [0.2, 0.25) is 0 Å². The Kier molecular flexibility index (Phi) is 10.6. The van der Waals surface area contributed by atoms with Gasteiger partial charge in [0.25, 0.3) is 0 Å². The summed E-state index contributed by atoms with van der Waals surface area (Å²) in [6.45, 7) is 0. The number of hydrogen-bond acceptors (Lipinski definition) is 4. The molecule has 2 atom stereocenters. The molecule has 2 saturated carbocycles. The minimum absolute atomic E-state index is 0.251. The third kappa shape index (κ3) is 7.56. The van der Waals surface area contributed by atoms with Gasteiger partial charge in [-0.15, -0.1) is 0 Å². The maximum Gasteiger partial charge on any atom is 0.0995 e. The normalized spacial score (nSPS) is 21.2. The number of imidazole rings is 2. The second-order valence-corrected chi connectivity index (χ2v) is 16.8. The van der Waals surface area contributed by atoms with Crippen molar-refractivity contribution in [3.05, 3.63) is 167 Å². The van der Waals surface area contributed by atoms with Crippen molar-refractivity contribution in [2.24, 2.45) is 11.8 Å². The Morgan fingerprint density at radius 3 is 1.29 bits per heavy atom. The van der Waals surface area contributed by atoms with E-state index < -0.39 is 12.2 Å². The molecule has 6 nitrogen and oxygen atoms in total. The lowest BCUT2D eigenvalue weighted by Gasteiger charge is -2.32. The topological polar surface area (TPSA) is 75.1 Å². The van der Waals surface area contributed by atoms with Gasteiger partial charge < -0.3 is 19.0 Å². The first-order chi connectivity index (χ1) is 27.4. The molecule has 10 rings (SSSR count). The predicted octanol–water partition coefficient (Wildman–Crippen LogP) is 12.3. The van der Waals surface area contributed by atoms with Crippen LogP contribution in [0.3, 0.4) is 0 Å². The second kappa shape index (κ2) is 16.0. The van der Waals surface area contributed by atoms with E-state index in [-0.39, 0.29) is 11.8 Å². The average molecular weight is 782 g/mol. The van der Waals surface area contributed by atoms with E-state index in [0.29, 0.717) is 21.9 Å². The lowest BCUT2D eigenvalue weighted by Crippen LogP contribution is -2.21. The molecule has 4 heterocycles. The molecule has 0 radical (unpaired) electrons. The summed E-state index contributed by atoms with van der Waals surface area (Å²) in [6.07, 6.45) is 14.5. The SMILES string of the molecule is O[C@@H](c1cc(Cl)cc2cncn12)C1CCC(c2ccc3ccccc3c2)CC1.O[C@H](c1cc(Cl)cc2cncn12)C1CCC(c2ccc3ccccc3c2)CC1. The van der Waals surface area contributed by atoms with Gasteiger partial charge in [0.1, 0.15) is 0 Å². The minimum Gasteiger partial charge on any atom is -0.387 e. The fourth-order valence-electron chi connectivity index (χ4n) is 9.44. The summed E-state index contributed by atoms with van der Waals surface area (Å²) in [4.78, 5) is 8.40. The Hall–Kier alpha value is -4.72. The number of aliphatic hydroxyl groups is 2. The predicted molar refractivity (Wildman–Crippen MR) is 228 cm³/mol. The fourth-order valence-corrected chi connectivity index (χ4v) is 9.89. The number of nitrogens with zero attached hydrogens (tertiary/aromatic N) is 4. The van der Waals surface area contributed by atoms with Crippen LogP contribution in [-0.2, 0) is 0 Å². The van der Waals surface area contributed by atoms with E-state index in [1.807, 2.05) is 33.1 Å². The standard InChI is InChI=1S/2C24H23ClN2O/c2*25-21-12-22-14-26-15-27(22)23(13-21)24(28)18-8-5-17(6-9-18)20-10-7-16-3-1-2-4-19(16)11-20/h2*1-4,7,10-15,17-18,24,28H,5-6,8-9H2/t2*17?,18?,24-/m10/s1. The Labute approximate surface area is 337 Å². The number of halogens is 2. The summed E-state index contributed by atoms with van der Waals surface area (Å²) < 4.78 is 3.90. The Bertz CT molecular complexity index is 2440. The summed E-state index contributed by atoms with van der Waals surface area (Å²) in [5.41, 5.74) is 6.37. The Balaban J connectivity index is 0.000000146. The van der Waals surface area contributed by atoms with Crippen LogP contribution in [0.5, 0.6) is 0 Å². The largest absolute Gasteiger partial charge is 0.387 e. The number of pyridine rings is 2. The number of rotatable bonds is 6. The Morgan fingerprint density at radius 1 is 0.482 bits per heavy atom. The first-order valence-electron chi connectivity index (χ1n) is 19.9. The van der Waals surface area contributed by atoms with Gasteiger partial charge in [-0.25, -0.2) is 9.97 Å². The van der Waals surface area contributed by atoms with Crippen molar-refractivity contribution in [2.45, 2.75) is 75.4 Å². The maximum atomic E-state index is 11.1. The van der Waals surface area contributed by atoms with Gasteiger partial charge in [-0.1, -0.05) is 108 Å². The molecule has 0 unspecified atom stereocenters. The van der Waals surface area contributed by atoms with Crippen molar-refractivity contribution < 1.29 is 10.2 Å². The zero-order valence-electron chi connectivity index (χ0n) is 31.3. The average Bonchev–Trinajstić information content (AvgIpc) is 3.92. The molecule has 4 aromatic carbocycles. The molecule has 2 aliphatic carbocycles. The number of fused-ring (bicyclic) bond motifs is 4. The smallest absolute Gasteiger partial charge is 0.0995 e. The number of hydrogen-bond donors (Lipinski definition) is 2. The van der Waals surface area contributed by atoms with E-state index in [9.17, 15) is 10.2 Å². The number of aliphatic hydroxyl groups excluding tert-OH is 2. The highest BCUT2D eigenvalue weighted by Crippen LogP contribution is 2.43. The molecule has 284 valence electrons. The van der Waals surface area contributed by atoms with E-state index in [4.69, 9.17) is 23.2 Å². The van der Waals surface area contributed by atoms with Crippen molar-refractivity contribution >= 4 is 55.8 Å². The van der Waals surface area contributed by atoms with Crippen LogP contribution in [0.15, 0.2) is 134 Å². The molecule has 0 amide bonds. The zero-order valence-corrected chi connectivity index (χ0v) is 32.8. The van der Waals surface area contributed by atoms with E-state index >= 15 is 0 Å². The number of aromatic nitrogens is 4. The molecule has 8 aromatic rings. The monoisotopic (exact) mass is 780 g/mol. The van der Waals surface area contributed by atoms with Crippen molar-refractivity contribution in [2.75, 3.05) is 0 Å². The van der Waals surface area contributed by atoms with Gasteiger partial charge in [-0.05, 0) is 132 Å².